The molecule has 2 heterocycles. The Morgan fingerprint density at radius 3 is 2.80 bits per heavy atom. The number of hydrogen-bond donors (Lipinski definition) is 0. The molecule has 0 spiro atoms. The number of halogens is 1. The molecular formula is C18H17ClN2O3S. The smallest absolute Gasteiger partial charge is 0.160 e. The maximum Gasteiger partial charge on any atom is 0.160 e. The average molecular weight is 377 g/mol. The summed E-state index contributed by atoms with van der Waals surface area (Å²) in [6.45, 7) is 2.68. The van der Waals surface area contributed by atoms with Gasteiger partial charge in [-0.25, -0.2) is 0 Å². The first-order valence-electron chi connectivity index (χ1n) is 7.84. The van der Waals surface area contributed by atoms with E-state index in [0.29, 0.717) is 40.8 Å². The summed E-state index contributed by atoms with van der Waals surface area (Å²) in [5.74, 6) is 0.671. The topological polar surface area (TPSA) is 62.6 Å². The van der Waals surface area contributed by atoms with Crippen LogP contribution in [0.2, 0.25) is 5.02 Å². The van der Waals surface area contributed by atoms with E-state index in [2.05, 4.69) is 11.0 Å². The number of carbonyl (C=O) groups excluding carboxylic acids is 1. The van der Waals surface area contributed by atoms with Crippen molar-refractivity contribution in [2.24, 2.45) is 0 Å². The van der Waals surface area contributed by atoms with Crippen molar-refractivity contribution in [3.8, 4) is 11.8 Å². The minimum Gasteiger partial charge on any atom is -0.497 e. The van der Waals surface area contributed by atoms with Crippen molar-refractivity contribution in [3.05, 3.63) is 44.8 Å². The fraction of sp³-hybridized carbons (Fsp3) is 0.333. The van der Waals surface area contributed by atoms with Gasteiger partial charge in [-0.2, -0.15) is 5.26 Å². The number of benzene rings is 1. The van der Waals surface area contributed by atoms with Gasteiger partial charge in [0.2, 0.25) is 0 Å². The molecular weight excluding hydrogens is 360 g/mol. The molecule has 0 radical (unpaired) electrons. The second kappa shape index (κ2) is 7.87. The Hall–Kier alpha value is -2.07. The van der Waals surface area contributed by atoms with Crippen LogP contribution in [0.4, 0.5) is 5.00 Å². The number of anilines is 1. The molecule has 7 heteroatoms. The number of thiophene rings is 1. The number of carbonyl (C=O) groups is 1. The number of hydrogen-bond acceptors (Lipinski definition) is 6. The summed E-state index contributed by atoms with van der Waals surface area (Å²) in [4.78, 5) is 14.3. The molecule has 1 fully saturated rings. The Bertz CT molecular complexity index is 822. The molecule has 2 aromatic rings. The number of morpholine rings is 1. The maximum atomic E-state index is 11.6. The van der Waals surface area contributed by atoms with Crippen molar-refractivity contribution in [2.75, 3.05) is 38.3 Å². The molecule has 1 aliphatic heterocycles. The van der Waals surface area contributed by atoms with Gasteiger partial charge in [0, 0.05) is 24.5 Å². The van der Waals surface area contributed by atoms with Gasteiger partial charge >= 0.3 is 0 Å². The average Bonchev–Trinajstić information content (AvgIpc) is 3.01. The minimum absolute atomic E-state index is 0.431. The lowest BCUT2D eigenvalue weighted by atomic mass is 10.0. The van der Waals surface area contributed by atoms with Crippen LogP contribution in [-0.2, 0) is 11.2 Å². The van der Waals surface area contributed by atoms with Crippen LogP contribution >= 0.6 is 22.9 Å². The lowest BCUT2D eigenvalue weighted by Gasteiger charge is -2.27. The molecule has 0 saturated carbocycles. The first-order chi connectivity index (χ1) is 12.2. The summed E-state index contributed by atoms with van der Waals surface area (Å²) in [6.07, 6.45) is 1.25. The minimum atomic E-state index is 0.431. The summed E-state index contributed by atoms with van der Waals surface area (Å²) in [6, 6.07) is 7.70. The number of methoxy groups -OCH3 is 1. The number of ether oxygens (including phenoxy) is 2. The van der Waals surface area contributed by atoms with Gasteiger partial charge in [0.15, 0.2) is 6.29 Å². The third-order valence-corrected chi connectivity index (χ3v) is 5.73. The van der Waals surface area contributed by atoms with Gasteiger partial charge in [0.05, 0.1) is 30.8 Å². The van der Waals surface area contributed by atoms with E-state index in [0.717, 1.165) is 35.5 Å². The van der Waals surface area contributed by atoms with Crippen molar-refractivity contribution < 1.29 is 14.3 Å². The third kappa shape index (κ3) is 3.64. The van der Waals surface area contributed by atoms with Crippen LogP contribution in [0.15, 0.2) is 18.2 Å². The summed E-state index contributed by atoms with van der Waals surface area (Å²) in [7, 11) is 1.58. The van der Waals surface area contributed by atoms with E-state index in [1.54, 1.807) is 13.2 Å². The number of nitrogens with zero attached hydrogens (tertiary/aromatic N) is 2. The molecule has 1 saturated heterocycles. The highest BCUT2D eigenvalue weighted by Gasteiger charge is 2.24. The van der Waals surface area contributed by atoms with Crippen LogP contribution in [0.3, 0.4) is 0 Å². The quantitative estimate of drug-likeness (QED) is 0.747. The summed E-state index contributed by atoms with van der Waals surface area (Å²) in [5.41, 5.74) is 2.14. The van der Waals surface area contributed by atoms with Gasteiger partial charge in [-0.05, 0) is 23.3 Å². The molecule has 1 aliphatic rings. The summed E-state index contributed by atoms with van der Waals surface area (Å²) in [5, 5.41) is 11.1. The van der Waals surface area contributed by atoms with Crippen molar-refractivity contribution >= 4 is 34.2 Å². The van der Waals surface area contributed by atoms with Gasteiger partial charge in [0.1, 0.15) is 16.8 Å². The number of rotatable bonds is 5. The molecule has 0 unspecified atom stereocenters. The normalized spacial score (nSPS) is 14.2. The predicted molar refractivity (Wildman–Crippen MR) is 98.3 cm³/mol. The fourth-order valence-electron chi connectivity index (χ4n) is 2.83. The lowest BCUT2D eigenvalue weighted by molar-refractivity contribution is 0.112. The highest BCUT2D eigenvalue weighted by molar-refractivity contribution is 7.18. The zero-order chi connectivity index (χ0) is 17.8. The van der Waals surface area contributed by atoms with Crippen LogP contribution in [0.25, 0.3) is 0 Å². The zero-order valence-electron chi connectivity index (χ0n) is 13.8. The van der Waals surface area contributed by atoms with Crippen LogP contribution in [0.5, 0.6) is 5.75 Å². The first-order valence-corrected chi connectivity index (χ1v) is 9.03. The maximum absolute atomic E-state index is 11.6. The van der Waals surface area contributed by atoms with Crippen molar-refractivity contribution in [1.29, 1.82) is 5.26 Å². The SMILES string of the molecule is COc1ccc(Cc2c(C=O)sc(N3CCOCC3)c2C#N)c(Cl)c1. The van der Waals surface area contributed by atoms with Crippen molar-refractivity contribution in [2.45, 2.75) is 6.42 Å². The van der Waals surface area contributed by atoms with Crippen molar-refractivity contribution in [1.82, 2.24) is 0 Å². The Labute approximate surface area is 155 Å². The van der Waals surface area contributed by atoms with Crippen LogP contribution in [0, 0.1) is 11.3 Å². The van der Waals surface area contributed by atoms with E-state index in [4.69, 9.17) is 21.1 Å². The lowest BCUT2D eigenvalue weighted by Crippen LogP contribution is -2.36. The molecule has 0 N–H and O–H groups in total. The van der Waals surface area contributed by atoms with Gasteiger partial charge in [-0.3, -0.25) is 4.79 Å². The van der Waals surface area contributed by atoms with Crippen LogP contribution < -0.4 is 9.64 Å². The first kappa shape index (κ1) is 17.7. The van der Waals surface area contributed by atoms with Crippen LogP contribution in [-0.4, -0.2) is 39.7 Å². The Morgan fingerprint density at radius 1 is 1.44 bits per heavy atom. The standard InChI is InChI=1S/C18H17ClN2O3S/c1-23-13-3-2-12(16(19)9-13)8-14-15(10-20)18(25-17(14)11-22)21-4-6-24-7-5-21/h2-3,9,11H,4-8H2,1H3. The molecule has 0 amide bonds. The van der Waals surface area contributed by atoms with E-state index < -0.39 is 0 Å². The summed E-state index contributed by atoms with van der Waals surface area (Å²) < 4.78 is 10.5. The Kier molecular flexibility index (Phi) is 5.59. The Morgan fingerprint density at radius 2 is 2.20 bits per heavy atom. The van der Waals surface area contributed by atoms with E-state index in [1.807, 2.05) is 12.1 Å². The molecule has 130 valence electrons. The second-order valence-electron chi connectivity index (χ2n) is 5.59. The van der Waals surface area contributed by atoms with Crippen LogP contribution in [0.1, 0.15) is 26.4 Å². The molecule has 25 heavy (non-hydrogen) atoms. The van der Waals surface area contributed by atoms with Gasteiger partial charge in [-0.15, -0.1) is 11.3 Å². The molecule has 5 nitrogen and oxygen atoms in total. The van der Waals surface area contributed by atoms with Gasteiger partial charge in [-0.1, -0.05) is 17.7 Å². The van der Waals surface area contributed by atoms with E-state index in [9.17, 15) is 10.1 Å². The zero-order valence-corrected chi connectivity index (χ0v) is 15.3. The molecule has 0 bridgehead atoms. The molecule has 1 aromatic carbocycles. The second-order valence-corrected chi connectivity index (χ2v) is 7.03. The Balaban J connectivity index is 1.99. The number of nitriles is 1. The highest BCUT2D eigenvalue weighted by atomic mass is 35.5. The van der Waals surface area contributed by atoms with E-state index in [1.165, 1.54) is 11.3 Å². The van der Waals surface area contributed by atoms with Crippen molar-refractivity contribution in [3.63, 3.8) is 0 Å². The molecule has 0 atom stereocenters. The molecule has 1 aromatic heterocycles. The highest BCUT2D eigenvalue weighted by Crippen LogP contribution is 2.37. The monoisotopic (exact) mass is 376 g/mol. The largest absolute Gasteiger partial charge is 0.497 e. The fourth-order valence-corrected chi connectivity index (χ4v) is 4.21. The summed E-state index contributed by atoms with van der Waals surface area (Å²) >= 11 is 7.69. The third-order valence-electron chi connectivity index (χ3n) is 4.16. The predicted octanol–water partition coefficient (Wildman–Crippen LogP) is 3.52. The molecule has 3 rings (SSSR count). The van der Waals surface area contributed by atoms with E-state index >= 15 is 0 Å². The van der Waals surface area contributed by atoms with Gasteiger partial charge < -0.3 is 14.4 Å². The number of aldehydes is 1. The van der Waals surface area contributed by atoms with E-state index in [-0.39, 0.29) is 0 Å². The molecule has 0 aliphatic carbocycles. The van der Waals surface area contributed by atoms with Gasteiger partial charge in [0.25, 0.3) is 0 Å².